The smallest absolute Gasteiger partial charge is 0.306 e. The highest BCUT2D eigenvalue weighted by atomic mass is 16.5. The third-order valence-electron chi connectivity index (χ3n) is 7.92. The van der Waals surface area contributed by atoms with Gasteiger partial charge < -0.3 is 15.2 Å². The molecule has 1 atom stereocenters. The number of carboxylic acid groups (broad SMARTS) is 1. The molecule has 4 aromatic carbocycles. The molecule has 0 radical (unpaired) electrons. The molecule has 0 aliphatic heterocycles. The Kier molecular flexibility index (Phi) is 8.29. The van der Waals surface area contributed by atoms with Gasteiger partial charge >= 0.3 is 5.97 Å². The number of amides is 1. The van der Waals surface area contributed by atoms with Gasteiger partial charge in [-0.2, -0.15) is 0 Å². The monoisotopic (exact) mass is 547 g/mol. The molecule has 0 aromatic heterocycles. The maximum absolute atomic E-state index is 13.1. The van der Waals surface area contributed by atoms with Crippen molar-refractivity contribution < 1.29 is 24.2 Å². The topological polar surface area (TPSA) is 92.7 Å². The van der Waals surface area contributed by atoms with Gasteiger partial charge in [-0.25, -0.2) is 0 Å². The van der Waals surface area contributed by atoms with Gasteiger partial charge in [0.25, 0.3) is 0 Å². The minimum absolute atomic E-state index is 0.0123. The molecule has 6 heteroatoms. The Morgan fingerprint density at radius 3 is 2.00 bits per heavy atom. The van der Waals surface area contributed by atoms with Crippen molar-refractivity contribution in [2.45, 2.75) is 37.5 Å². The van der Waals surface area contributed by atoms with E-state index in [-0.39, 0.29) is 18.1 Å². The fourth-order valence-corrected chi connectivity index (χ4v) is 5.17. The van der Waals surface area contributed by atoms with Gasteiger partial charge in [0.1, 0.15) is 5.75 Å². The van der Waals surface area contributed by atoms with E-state index in [2.05, 4.69) is 5.32 Å². The highest BCUT2D eigenvalue weighted by Crippen LogP contribution is 2.49. The first kappa shape index (κ1) is 27.8. The minimum Gasteiger partial charge on any atom is -0.497 e. The van der Waals surface area contributed by atoms with Gasteiger partial charge in [-0.3, -0.25) is 14.4 Å². The van der Waals surface area contributed by atoms with Crippen molar-refractivity contribution in [2.24, 2.45) is 5.92 Å². The molecule has 1 amide bonds. The van der Waals surface area contributed by atoms with Crippen LogP contribution in [0.2, 0.25) is 0 Å². The van der Waals surface area contributed by atoms with E-state index in [9.17, 15) is 19.5 Å². The number of carbonyl (C=O) groups excluding carboxylic acids is 2. The van der Waals surface area contributed by atoms with E-state index in [1.165, 1.54) is 0 Å². The molecule has 0 bridgehead atoms. The number of carbonyl (C=O) groups is 3. The molecule has 1 unspecified atom stereocenters. The summed E-state index contributed by atoms with van der Waals surface area (Å²) >= 11 is 0. The number of aryl methyl sites for hydroxylation is 1. The summed E-state index contributed by atoms with van der Waals surface area (Å²) in [5, 5.41) is 12.7. The number of benzene rings is 4. The lowest BCUT2D eigenvalue weighted by Gasteiger charge is -2.16. The van der Waals surface area contributed by atoms with Crippen LogP contribution in [0.5, 0.6) is 5.75 Å². The molecule has 4 aromatic rings. The second-order valence-corrected chi connectivity index (χ2v) is 10.6. The third kappa shape index (κ3) is 6.55. The van der Waals surface area contributed by atoms with E-state index in [0.29, 0.717) is 18.4 Å². The number of carboxylic acids is 1. The Morgan fingerprint density at radius 2 is 1.44 bits per heavy atom. The number of ketones is 1. The van der Waals surface area contributed by atoms with Crippen LogP contribution >= 0.6 is 0 Å². The van der Waals surface area contributed by atoms with Gasteiger partial charge in [0.15, 0.2) is 5.78 Å². The summed E-state index contributed by atoms with van der Waals surface area (Å²) in [5.74, 6) is -1.11. The highest BCUT2D eigenvalue weighted by molar-refractivity contribution is 6.01. The largest absolute Gasteiger partial charge is 0.497 e. The molecular formula is C35H33NO5. The molecule has 0 spiro atoms. The number of hydrogen-bond acceptors (Lipinski definition) is 4. The first-order chi connectivity index (χ1) is 19.9. The molecule has 208 valence electrons. The number of rotatable bonds is 12. The predicted octanol–water partition coefficient (Wildman–Crippen LogP) is 6.94. The van der Waals surface area contributed by atoms with Crippen LogP contribution in [0.3, 0.4) is 0 Å². The van der Waals surface area contributed by atoms with Crippen LogP contribution in [0.25, 0.3) is 11.1 Å². The first-order valence-corrected chi connectivity index (χ1v) is 13.8. The van der Waals surface area contributed by atoms with Gasteiger partial charge in [0.2, 0.25) is 5.91 Å². The molecule has 2 N–H and O–H groups in total. The molecule has 0 heterocycles. The van der Waals surface area contributed by atoms with Crippen LogP contribution in [0.15, 0.2) is 103 Å². The maximum Gasteiger partial charge on any atom is 0.306 e. The van der Waals surface area contributed by atoms with Gasteiger partial charge in [-0.05, 0) is 72.2 Å². The lowest BCUT2D eigenvalue weighted by molar-refractivity contribution is -0.141. The zero-order valence-corrected chi connectivity index (χ0v) is 23.0. The number of nitrogens with one attached hydrogen (secondary N) is 1. The lowest BCUT2D eigenvalue weighted by Crippen LogP contribution is -2.27. The average Bonchev–Trinajstić information content (AvgIpc) is 3.82. The fraction of sp³-hybridized carbons (Fsp3) is 0.229. The van der Waals surface area contributed by atoms with Crippen LogP contribution in [-0.4, -0.2) is 29.9 Å². The summed E-state index contributed by atoms with van der Waals surface area (Å²) in [7, 11) is 1.62. The number of Topliss-reactive ketones (excluding diaryl/α,β-unsaturated/α-hetero) is 1. The first-order valence-electron chi connectivity index (χ1n) is 13.8. The average molecular weight is 548 g/mol. The van der Waals surface area contributed by atoms with Crippen molar-refractivity contribution in [3.05, 3.63) is 120 Å². The number of hydrogen-bond donors (Lipinski definition) is 2. The van der Waals surface area contributed by atoms with E-state index < -0.39 is 17.3 Å². The van der Waals surface area contributed by atoms with Gasteiger partial charge in [0, 0.05) is 17.7 Å². The lowest BCUT2D eigenvalue weighted by atomic mass is 9.92. The van der Waals surface area contributed by atoms with Crippen LogP contribution < -0.4 is 10.1 Å². The molecule has 1 saturated carbocycles. The Labute approximate surface area is 240 Å². The molecule has 0 saturated heterocycles. The van der Waals surface area contributed by atoms with E-state index in [1.807, 2.05) is 91.0 Å². The van der Waals surface area contributed by atoms with Crippen molar-refractivity contribution in [3.8, 4) is 16.9 Å². The quantitative estimate of drug-likeness (QED) is 0.188. The van der Waals surface area contributed by atoms with E-state index in [4.69, 9.17) is 4.74 Å². The standard InChI is InChI=1S/C35H33NO5/c1-41-31-19-15-29(16-20-31)35(21-22-35)34(40)36-30-17-13-26(14-18-30)25-9-11-27(12-10-25)32(37)23-28(33(38)39)8-7-24-5-3-2-4-6-24/h2-6,9-20,28H,7-8,21-23H2,1H3,(H,36,40)(H,38,39). The fourth-order valence-electron chi connectivity index (χ4n) is 5.17. The molecule has 6 nitrogen and oxygen atoms in total. The Bertz CT molecular complexity index is 1510. The van der Waals surface area contributed by atoms with Crippen LogP contribution in [0, 0.1) is 5.92 Å². The van der Waals surface area contributed by atoms with Crippen molar-refractivity contribution >= 4 is 23.3 Å². The predicted molar refractivity (Wildman–Crippen MR) is 159 cm³/mol. The molecule has 1 aliphatic carbocycles. The van der Waals surface area contributed by atoms with Crippen LogP contribution in [0.4, 0.5) is 5.69 Å². The highest BCUT2D eigenvalue weighted by Gasteiger charge is 2.51. The minimum atomic E-state index is -0.949. The van der Waals surface area contributed by atoms with Crippen molar-refractivity contribution in [1.29, 1.82) is 0 Å². The van der Waals surface area contributed by atoms with Crippen molar-refractivity contribution in [2.75, 3.05) is 12.4 Å². The normalized spacial score (nSPS) is 14.1. The van der Waals surface area contributed by atoms with Gasteiger partial charge in [-0.15, -0.1) is 0 Å². The summed E-state index contributed by atoms with van der Waals surface area (Å²) in [6.45, 7) is 0. The summed E-state index contributed by atoms with van der Waals surface area (Å²) in [5.41, 5.74) is 4.66. The van der Waals surface area contributed by atoms with E-state index in [0.717, 1.165) is 46.5 Å². The zero-order chi connectivity index (χ0) is 28.8. The molecule has 41 heavy (non-hydrogen) atoms. The summed E-state index contributed by atoms with van der Waals surface area (Å²) in [6.07, 6.45) is 2.62. The number of anilines is 1. The van der Waals surface area contributed by atoms with Crippen LogP contribution in [-0.2, 0) is 21.4 Å². The summed E-state index contributed by atoms with van der Waals surface area (Å²) in [4.78, 5) is 37.8. The zero-order valence-electron chi connectivity index (χ0n) is 23.0. The Hall–Kier alpha value is -4.71. The number of aliphatic carboxylic acids is 1. The molecule has 1 aliphatic rings. The summed E-state index contributed by atoms with van der Waals surface area (Å²) < 4.78 is 5.23. The third-order valence-corrected chi connectivity index (χ3v) is 7.92. The van der Waals surface area contributed by atoms with Crippen LogP contribution in [0.1, 0.15) is 47.2 Å². The molecule has 1 fully saturated rings. The SMILES string of the molecule is COc1ccc(C2(C(=O)Nc3ccc(-c4ccc(C(=O)CC(CCc5ccccc5)C(=O)O)cc4)cc3)CC2)cc1. The molecule has 5 rings (SSSR count). The van der Waals surface area contributed by atoms with E-state index in [1.54, 1.807) is 19.2 Å². The number of methoxy groups -OCH3 is 1. The second-order valence-electron chi connectivity index (χ2n) is 10.6. The van der Waals surface area contributed by atoms with Crippen molar-refractivity contribution in [1.82, 2.24) is 0 Å². The number of ether oxygens (including phenoxy) is 1. The van der Waals surface area contributed by atoms with Crippen molar-refractivity contribution in [3.63, 3.8) is 0 Å². The Morgan fingerprint density at radius 1 is 0.829 bits per heavy atom. The molecular weight excluding hydrogens is 514 g/mol. The van der Waals surface area contributed by atoms with Gasteiger partial charge in [-0.1, -0.05) is 78.9 Å². The summed E-state index contributed by atoms with van der Waals surface area (Å²) in [6, 6.07) is 32.2. The maximum atomic E-state index is 13.1. The second kappa shape index (κ2) is 12.2. The van der Waals surface area contributed by atoms with E-state index >= 15 is 0 Å². The Balaban J connectivity index is 1.18. The van der Waals surface area contributed by atoms with Gasteiger partial charge in [0.05, 0.1) is 18.4 Å².